The van der Waals surface area contributed by atoms with Gasteiger partial charge in [0.25, 0.3) is 6.43 Å². The van der Waals surface area contributed by atoms with Crippen LogP contribution in [0.2, 0.25) is 0 Å². The number of alkyl halides is 2. The van der Waals surface area contributed by atoms with Gasteiger partial charge in [-0.3, -0.25) is 0 Å². The molecule has 1 aliphatic heterocycles. The van der Waals surface area contributed by atoms with Crippen LogP contribution < -0.4 is 10.6 Å². The lowest BCUT2D eigenvalue weighted by molar-refractivity contribution is 0.145. The summed E-state index contributed by atoms with van der Waals surface area (Å²) in [5, 5.41) is 6.38. The average molecular weight is 218 g/mol. The van der Waals surface area contributed by atoms with E-state index in [9.17, 15) is 8.78 Å². The van der Waals surface area contributed by atoms with Crippen LogP contribution in [-0.4, -0.2) is 31.6 Å². The van der Waals surface area contributed by atoms with Gasteiger partial charge in [0.05, 0.1) is 6.54 Å². The highest BCUT2D eigenvalue weighted by atomic mass is 19.3. The van der Waals surface area contributed by atoms with Gasteiger partial charge in [-0.1, -0.05) is 12.8 Å². The molecule has 2 nitrogen and oxygen atoms in total. The Balaban J connectivity index is 1.67. The minimum absolute atomic E-state index is 0.173. The summed E-state index contributed by atoms with van der Waals surface area (Å²) in [6.07, 6.45) is 4.21. The molecule has 2 aliphatic rings. The number of rotatable bonds is 4. The zero-order chi connectivity index (χ0) is 10.7. The van der Waals surface area contributed by atoms with Crippen LogP contribution in [0.25, 0.3) is 0 Å². The van der Waals surface area contributed by atoms with Crippen molar-refractivity contribution in [1.29, 1.82) is 0 Å². The molecule has 4 heteroatoms. The molecule has 0 aromatic carbocycles. The first-order valence-corrected chi connectivity index (χ1v) is 6.00. The maximum Gasteiger partial charge on any atom is 0.250 e. The molecule has 0 aromatic rings. The van der Waals surface area contributed by atoms with E-state index in [1.54, 1.807) is 0 Å². The number of hydrogen-bond acceptors (Lipinski definition) is 2. The number of hydrogen-bond donors (Lipinski definition) is 2. The molecule has 1 aliphatic carbocycles. The highest BCUT2D eigenvalue weighted by Crippen LogP contribution is 2.32. The zero-order valence-corrected chi connectivity index (χ0v) is 9.02. The predicted molar refractivity (Wildman–Crippen MR) is 56.2 cm³/mol. The summed E-state index contributed by atoms with van der Waals surface area (Å²) in [5.41, 5.74) is 0. The molecule has 0 radical (unpaired) electrons. The molecule has 0 spiro atoms. The Hall–Kier alpha value is -0.220. The summed E-state index contributed by atoms with van der Waals surface area (Å²) >= 11 is 0. The fourth-order valence-corrected chi connectivity index (χ4v) is 2.95. The second-order valence-electron chi connectivity index (χ2n) is 4.80. The van der Waals surface area contributed by atoms with Crippen LogP contribution in [0.15, 0.2) is 0 Å². The van der Waals surface area contributed by atoms with Crippen molar-refractivity contribution in [2.45, 2.75) is 50.6 Å². The van der Waals surface area contributed by atoms with Gasteiger partial charge in [-0.05, 0) is 25.2 Å². The lowest BCUT2D eigenvalue weighted by atomic mass is 9.85. The molecule has 1 saturated heterocycles. The molecule has 2 fully saturated rings. The number of nitrogens with one attached hydrogen (secondary N) is 2. The van der Waals surface area contributed by atoms with Gasteiger partial charge in [0.1, 0.15) is 0 Å². The van der Waals surface area contributed by atoms with Gasteiger partial charge in [-0.25, -0.2) is 8.78 Å². The lowest BCUT2D eigenvalue weighted by Crippen LogP contribution is -2.39. The zero-order valence-electron chi connectivity index (χ0n) is 9.02. The van der Waals surface area contributed by atoms with Crippen molar-refractivity contribution >= 4 is 0 Å². The summed E-state index contributed by atoms with van der Waals surface area (Å²) < 4.78 is 23.8. The van der Waals surface area contributed by atoms with Crippen molar-refractivity contribution < 1.29 is 8.78 Å². The first-order valence-electron chi connectivity index (χ1n) is 6.00. The minimum Gasteiger partial charge on any atom is -0.310 e. The van der Waals surface area contributed by atoms with Gasteiger partial charge in [-0.2, -0.15) is 0 Å². The third-order valence-electron chi connectivity index (χ3n) is 3.64. The van der Waals surface area contributed by atoms with Crippen molar-refractivity contribution in [1.82, 2.24) is 10.6 Å². The Kier molecular flexibility index (Phi) is 3.92. The molecule has 3 atom stereocenters. The molecule has 2 rings (SSSR count). The van der Waals surface area contributed by atoms with E-state index in [0.29, 0.717) is 18.6 Å². The van der Waals surface area contributed by atoms with E-state index in [-0.39, 0.29) is 6.54 Å². The SMILES string of the molecule is FC(F)CNCC1CC2CCCCC2N1. The molecular weight excluding hydrogens is 198 g/mol. The topological polar surface area (TPSA) is 24.1 Å². The third kappa shape index (κ3) is 3.11. The number of halogens is 2. The van der Waals surface area contributed by atoms with E-state index < -0.39 is 6.43 Å². The van der Waals surface area contributed by atoms with Gasteiger partial charge in [0.15, 0.2) is 0 Å². The van der Waals surface area contributed by atoms with Crippen LogP contribution >= 0.6 is 0 Å². The van der Waals surface area contributed by atoms with Crippen LogP contribution in [-0.2, 0) is 0 Å². The van der Waals surface area contributed by atoms with Crippen LogP contribution in [0.4, 0.5) is 8.78 Å². The average Bonchev–Trinajstić information content (AvgIpc) is 2.59. The quantitative estimate of drug-likeness (QED) is 0.751. The minimum atomic E-state index is -2.23. The van der Waals surface area contributed by atoms with Crippen LogP contribution in [0, 0.1) is 5.92 Å². The monoisotopic (exact) mass is 218 g/mol. The Bertz CT molecular complexity index is 185. The molecule has 88 valence electrons. The normalized spacial score (nSPS) is 35.8. The van der Waals surface area contributed by atoms with Gasteiger partial charge in [0.2, 0.25) is 0 Å². The maximum atomic E-state index is 11.9. The van der Waals surface area contributed by atoms with E-state index in [1.807, 2.05) is 0 Å². The third-order valence-corrected chi connectivity index (χ3v) is 3.64. The molecule has 2 N–H and O–H groups in total. The van der Waals surface area contributed by atoms with Crippen molar-refractivity contribution in [3.05, 3.63) is 0 Å². The standard InChI is InChI=1S/C11H20F2N2/c12-11(13)7-14-6-9-5-8-3-1-2-4-10(8)15-9/h8-11,14-15H,1-7H2. The van der Waals surface area contributed by atoms with Gasteiger partial charge in [-0.15, -0.1) is 0 Å². The highest BCUT2D eigenvalue weighted by Gasteiger charge is 2.34. The van der Waals surface area contributed by atoms with Gasteiger partial charge >= 0.3 is 0 Å². The van der Waals surface area contributed by atoms with E-state index >= 15 is 0 Å². The Morgan fingerprint density at radius 2 is 2.07 bits per heavy atom. The molecular formula is C11H20F2N2. The van der Waals surface area contributed by atoms with E-state index in [4.69, 9.17) is 0 Å². The van der Waals surface area contributed by atoms with Crippen LogP contribution in [0.5, 0.6) is 0 Å². The smallest absolute Gasteiger partial charge is 0.250 e. The first-order chi connectivity index (χ1) is 7.25. The van der Waals surface area contributed by atoms with Gasteiger partial charge < -0.3 is 10.6 Å². The van der Waals surface area contributed by atoms with Crippen molar-refractivity contribution in [3.63, 3.8) is 0 Å². The summed E-state index contributed by atoms with van der Waals surface area (Å²) in [7, 11) is 0. The lowest BCUT2D eigenvalue weighted by Gasteiger charge is -2.24. The Morgan fingerprint density at radius 3 is 2.80 bits per heavy atom. The van der Waals surface area contributed by atoms with E-state index in [0.717, 1.165) is 5.92 Å². The van der Waals surface area contributed by atoms with Crippen LogP contribution in [0.1, 0.15) is 32.1 Å². The molecule has 0 bridgehead atoms. The second kappa shape index (κ2) is 5.21. The van der Waals surface area contributed by atoms with Crippen LogP contribution in [0.3, 0.4) is 0 Å². The van der Waals surface area contributed by atoms with Crippen molar-refractivity contribution in [2.75, 3.05) is 13.1 Å². The molecule has 15 heavy (non-hydrogen) atoms. The second-order valence-corrected chi connectivity index (χ2v) is 4.80. The summed E-state index contributed by atoms with van der Waals surface area (Å²) in [6.45, 7) is 0.519. The molecule has 1 saturated carbocycles. The Labute approximate surface area is 89.8 Å². The summed E-state index contributed by atoms with van der Waals surface area (Å²) in [4.78, 5) is 0. The molecule has 0 aromatic heterocycles. The predicted octanol–water partition coefficient (Wildman–Crippen LogP) is 1.76. The first kappa shape index (κ1) is 11.3. The molecule has 1 heterocycles. The number of fused-ring (bicyclic) bond motifs is 1. The maximum absolute atomic E-state index is 11.9. The summed E-state index contributed by atoms with van der Waals surface area (Å²) in [6, 6.07) is 1.08. The summed E-state index contributed by atoms with van der Waals surface area (Å²) in [5.74, 6) is 0.803. The van der Waals surface area contributed by atoms with Crippen molar-refractivity contribution in [3.8, 4) is 0 Å². The van der Waals surface area contributed by atoms with Gasteiger partial charge in [0, 0.05) is 18.6 Å². The molecule has 0 amide bonds. The van der Waals surface area contributed by atoms with Crippen molar-refractivity contribution in [2.24, 2.45) is 5.92 Å². The fourth-order valence-electron chi connectivity index (χ4n) is 2.95. The Morgan fingerprint density at radius 1 is 1.27 bits per heavy atom. The van der Waals surface area contributed by atoms with E-state index in [2.05, 4.69) is 10.6 Å². The largest absolute Gasteiger partial charge is 0.310 e. The fraction of sp³-hybridized carbons (Fsp3) is 1.00. The highest BCUT2D eigenvalue weighted by molar-refractivity contribution is 4.93. The van der Waals surface area contributed by atoms with E-state index in [1.165, 1.54) is 32.1 Å². The molecule has 3 unspecified atom stereocenters.